The molecule has 6 nitrogen and oxygen atoms in total. The van der Waals surface area contributed by atoms with E-state index in [4.69, 9.17) is 0 Å². The average molecular weight is 380 g/mol. The first kappa shape index (κ1) is 19.3. The summed E-state index contributed by atoms with van der Waals surface area (Å²) in [7, 11) is -3.46. The number of rotatable bonds is 6. The van der Waals surface area contributed by atoms with Crippen molar-refractivity contribution in [3.8, 4) is 0 Å². The number of hydrogen-bond acceptors (Lipinski definition) is 4. The Labute approximate surface area is 156 Å². The maximum Gasteiger partial charge on any atom is 0.243 e. The molecule has 1 N–H and O–H groups in total. The monoisotopic (exact) mass is 379 g/mol. The van der Waals surface area contributed by atoms with Crippen molar-refractivity contribution < 1.29 is 13.2 Å². The fourth-order valence-corrected chi connectivity index (χ4v) is 5.22. The van der Waals surface area contributed by atoms with Crippen LogP contribution in [0.15, 0.2) is 23.1 Å². The minimum Gasteiger partial charge on any atom is -0.355 e. The van der Waals surface area contributed by atoms with Crippen molar-refractivity contribution in [2.45, 2.75) is 50.5 Å². The molecule has 1 atom stereocenters. The lowest BCUT2D eigenvalue weighted by Crippen LogP contribution is -2.54. The Balaban J connectivity index is 1.63. The molecule has 144 valence electrons. The van der Waals surface area contributed by atoms with Crippen LogP contribution >= 0.6 is 0 Å². The number of benzene rings is 1. The molecule has 1 fully saturated rings. The van der Waals surface area contributed by atoms with E-state index in [0.29, 0.717) is 37.6 Å². The molecule has 0 unspecified atom stereocenters. The van der Waals surface area contributed by atoms with Crippen molar-refractivity contribution >= 4 is 15.9 Å². The molecule has 0 aromatic heterocycles. The van der Waals surface area contributed by atoms with E-state index in [0.717, 1.165) is 25.7 Å². The van der Waals surface area contributed by atoms with Gasteiger partial charge in [0.25, 0.3) is 0 Å². The summed E-state index contributed by atoms with van der Waals surface area (Å²) in [6, 6.07) is 5.33. The Bertz CT molecular complexity index is 755. The molecule has 1 aromatic carbocycles. The molecule has 1 aliphatic heterocycles. The second-order valence-corrected chi connectivity index (χ2v) is 9.13. The first-order chi connectivity index (χ1) is 12.4. The summed E-state index contributed by atoms with van der Waals surface area (Å²) in [6.07, 6.45) is 4.03. The number of aryl methyl sites for hydroxylation is 2. The van der Waals surface area contributed by atoms with Gasteiger partial charge in [-0.1, -0.05) is 13.0 Å². The molecule has 1 amide bonds. The molecule has 0 saturated carbocycles. The van der Waals surface area contributed by atoms with Crippen LogP contribution in [0.5, 0.6) is 0 Å². The molecule has 1 heterocycles. The zero-order valence-corrected chi connectivity index (χ0v) is 16.5. The highest BCUT2D eigenvalue weighted by atomic mass is 32.2. The quantitative estimate of drug-likeness (QED) is 0.811. The predicted molar refractivity (Wildman–Crippen MR) is 102 cm³/mol. The van der Waals surface area contributed by atoms with Gasteiger partial charge in [-0.3, -0.25) is 9.69 Å². The number of sulfonamides is 1. The summed E-state index contributed by atoms with van der Waals surface area (Å²) < 4.78 is 27.5. The smallest absolute Gasteiger partial charge is 0.243 e. The number of piperazine rings is 1. The van der Waals surface area contributed by atoms with Gasteiger partial charge in [0.05, 0.1) is 10.9 Å². The van der Waals surface area contributed by atoms with E-state index in [1.54, 1.807) is 10.4 Å². The fourth-order valence-electron chi connectivity index (χ4n) is 3.75. The summed E-state index contributed by atoms with van der Waals surface area (Å²) in [5.41, 5.74) is 2.45. The second-order valence-electron chi connectivity index (χ2n) is 7.19. The van der Waals surface area contributed by atoms with Crippen LogP contribution in [0.25, 0.3) is 0 Å². The van der Waals surface area contributed by atoms with Crippen LogP contribution in [-0.4, -0.2) is 62.3 Å². The van der Waals surface area contributed by atoms with E-state index in [-0.39, 0.29) is 11.9 Å². The number of amides is 1. The van der Waals surface area contributed by atoms with Gasteiger partial charge in [0.1, 0.15) is 0 Å². The van der Waals surface area contributed by atoms with E-state index in [9.17, 15) is 13.2 Å². The van der Waals surface area contributed by atoms with Crippen molar-refractivity contribution in [2.24, 2.45) is 0 Å². The van der Waals surface area contributed by atoms with Crippen LogP contribution in [0.3, 0.4) is 0 Å². The minimum atomic E-state index is -3.46. The van der Waals surface area contributed by atoms with Gasteiger partial charge in [-0.2, -0.15) is 4.31 Å². The lowest BCUT2D eigenvalue weighted by atomic mass is 10.1. The molecular formula is C19H29N3O3S. The number of fused-ring (bicyclic) bond motifs is 1. The molecule has 7 heteroatoms. The minimum absolute atomic E-state index is 0.0155. The van der Waals surface area contributed by atoms with Gasteiger partial charge in [0.15, 0.2) is 0 Å². The molecular weight excluding hydrogens is 350 g/mol. The number of nitrogens with one attached hydrogen (secondary N) is 1. The van der Waals surface area contributed by atoms with Crippen LogP contribution in [0, 0.1) is 0 Å². The van der Waals surface area contributed by atoms with Gasteiger partial charge in [-0.05, 0) is 55.9 Å². The third-order valence-electron chi connectivity index (χ3n) is 5.46. The lowest BCUT2D eigenvalue weighted by molar-refractivity contribution is -0.126. The molecule has 3 rings (SSSR count). The summed E-state index contributed by atoms with van der Waals surface area (Å²) >= 11 is 0. The highest BCUT2D eigenvalue weighted by Gasteiger charge is 2.32. The van der Waals surface area contributed by atoms with Crippen molar-refractivity contribution in [1.29, 1.82) is 0 Å². The summed E-state index contributed by atoms with van der Waals surface area (Å²) in [5.74, 6) is 0.0155. The van der Waals surface area contributed by atoms with Crippen LogP contribution in [-0.2, 0) is 27.7 Å². The molecule has 1 saturated heterocycles. The number of hydrogen-bond donors (Lipinski definition) is 1. The van der Waals surface area contributed by atoms with Crippen molar-refractivity contribution in [2.75, 3.05) is 32.7 Å². The van der Waals surface area contributed by atoms with E-state index in [1.807, 2.05) is 26.0 Å². The SMILES string of the molecule is CCCNC(=O)[C@H](C)N1CCN(S(=O)(=O)c2ccc3c(c2)CCC3)CC1. The van der Waals surface area contributed by atoms with Crippen LogP contribution in [0.2, 0.25) is 0 Å². The van der Waals surface area contributed by atoms with E-state index < -0.39 is 10.0 Å². The van der Waals surface area contributed by atoms with Crippen LogP contribution in [0.4, 0.5) is 0 Å². The maximum atomic E-state index is 13.0. The Kier molecular flexibility index (Phi) is 5.99. The first-order valence-corrected chi connectivity index (χ1v) is 11.0. The van der Waals surface area contributed by atoms with Gasteiger partial charge in [-0.25, -0.2) is 8.42 Å². The Morgan fingerprint density at radius 3 is 2.54 bits per heavy atom. The molecule has 26 heavy (non-hydrogen) atoms. The van der Waals surface area contributed by atoms with Crippen molar-refractivity contribution in [3.05, 3.63) is 29.3 Å². The van der Waals surface area contributed by atoms with Gasteiger partial charge in [0.2, 0.25) is 15.9 Å². The number of carbonyl (C=O) groups is 1. The largest absolute Gasteiger partial charge is 0.355 e. The molecule has 2 aliphatic rings. The molecule has 0 spiro atoms. The molecule has 0 radical (unpaired) electrons. The zero-order chi connectivity index (χ0) is 18.7. The van der Waals surface area contributed by atoms with Gasteiger partial charge >= 0.3 is 0 Å². The summed E-state index contributed by atoms with van der Waals surface area (Å²) in [5, 5.41) is 2.91. The van der Waals surface area contributed by atoms with E-state index in [1.165, 1.54) is 11.1 Å². The number of nitrogens with zero attached hydrogens (tertiary/aromatic N) is 2. The lowest BCUT2D eigenvalue weighted by Gasteiger charge is -2.36. The molecule has 1 aliphatic carbocycles. The summed E-state index contributed by atoms with van der Waals surface area (Å²) in [6.45, 7) is 6.57. The predicted octanol–water partition coefficient (Wildman–Crippen LogP) is 1.40. The fraction of sp³-hybridized carbons (Fsp3) is 0.632. The average Bonchev–Trinajstić information content (AvgIpc) is 3.13. The molecule has 0 bridgehead atoms. The first-order valence-electron chi connectivity index (χ1n) is 9.57. The Hall–Kier alpha value is -1.44. The van der Waals surface area contributed by atoms with E-state index >= 15 is 0 Å². The third-order valence-corrected chi connectivity index (χ3v) is 7.35. The molecule has 1 aromatic rings. The summed E-state index contributed by atoms with van der Waals surface area (Å²) in [4.78, 5) is 14.6. The third kappa shape index (κ3) is 3.94. The van der Waals surface area contributed by atoms with Crippen molar-refractivity contribution in [1.82, 2.24) is 14.5 Å². The Morgan fingerprint density at radius 1 is 1.15 bits per heavy atom. The Morgan fingerprint density at radius 2 is 1.85 bits per heavy atom. The topological polar surface area (TPSA) is 69.7 Å². The van der Waals surface area contributed by atoms with Gasteiger partial charge < -0.3 is 5.32 Å². The standard InChI is InChI=1S/C19H29N3O3S/c1-3-9-20-19(23)15(2)21-10-12-22(13-11-21)26(24,25)18-8-7-16-5-4-6-17(16)14-18/h7-8,14-15H,3-6,9-13H2,1-2H3,(H,20,23)/t15-/m0/s1. The van der Waals surface area contributed by atoms with Crippen LogP contribution in [0.1, 0.15) is 37.8 Å². The maximum absolute atomic E-state index is 13.0. The second kappa shape index (κ2) is 8.06. The van der Waals surface area contributed by atoms with E-state index in [2.05, 4.69) is 10.2 Å². The van der Waals surface area contributed by atoms with Gasteiger partial charge in [-0.15, -0.1) is 0 Å². The highest BCUT2D eigenvalue weighted by Crippen LogP contribution is 2.26. The zero-order valence-electron chi connectivity index (χ0n) is 15.7. The highest BCUT2D eigenvalue weighted by molar-refractivity contribution is 7.89. The van der Waals surface area contributed by atoms with Gasteiger partial charge in [0, 0.05) is 32.7 Å². The van der Waals surface area contributed by atoms with Crippen molar-refractivity contribution in [3.63, 3.8) is 0 Å². The van der Waals surface area contributed by atoms with Crippen LogP contribution < -0.4 is 5.32 Å². The number of carbonyl (C=O) groups excluding carboxylic acids is 1. The normalized spacial score (nSPS) is 19.9.